The highest BCUT2D eigenvalue weighted by molar-refractivity contribution is 7.89. The molecule has 3 aliphatic rings. The first-order valence-corrected chi connectivity index (χ1v) is 14.5. The molecule has 2 aromatic rings. The van der Waals surface area contributed by atoms with Gasteiger partial charge >= 0.3 is 0 Å². The Labute approximate surface area is 207 Å². The topological polar surface area (TPSA) is 117 Å². The van der Waals surface area contributed by atoms with E-state index >= 15 is 0 Å². The average Bonchev–Trinajstić information content (AvgIpc) is 3.60. The monoisotopic (exact) mass is 501 g/mol. The first-order valence-electron chi connectivity index (χ1n) is 12.8. The minimum Gasteiger partial charge on any atom is -0.360 e. The molecule has 0 unspecified atom stereocenters. The zero-order chi connectivity index (χ0) is 24.3. The molecule has 0 atom stereocenters. The third-order valence-electron chi connectivity index (χ3n) is 7.51. The van der Waals surface area contributed by atoms with Gasteiger partial charge in [0.05, 0.1) is 11.4 Å². The van der Waals surface area contributed by atoms with Crippen molar-refractivity contribution in [2.24, 2.45) is 5.92 Å². The van der Waals surface area contributed by atoms with E-state index in [0.29, 0.717) is 43.6 Å². The fourth-order valence-electron chi connectivity index (χ4n) is 5.18. The molecule has 9 nitrogen and oxygen atoms in total. The number of carbonyl (C=O) groups excluding carboxylic acids is 1. The Morgan fingerprint density at radius 2 is 1.80 bits per heavy atom. The van der Waals surface area contributed by atoms with Crippen molar-refractivity contribution >= 4 is 15.9 Å². The van der Waals surface area contributed by atoms with Crippen LogP contribution in [-0.2, 0) is 16.6 Å². The van der Waals surface area contributed by atoms with Crippen LogP contribution >= 0.6 is 0 Å². The third kappa shape index (κ3) is 6.48. The van der Waals surface area contributed by atoms with Crippen LogP contribution in [0.3, 0.4) is 0 Å². The molecule has 0 bridgehead atoms. The van der Waals surface area contributed by atoms with Crippen LogP contribution in [-0.4, -0.2) is 59.7 Å². The molecule has 35 heavy (non-hydrogen) atoms. The second kappa shape index (κ2) is 10.8. The van der Waals surface area contributed by atoms with Gasteiger partial charge in [0.15, 0.2) is 5.69 Å². The van der Waals surface area contributed by atoms with Crippen molar-refractivity contribution in [2.45, 2.75) is 75.9 Å². The number of carbonyl (C=O) groups is 1. The summed E-state index contributed by atoms with van der Waals surface area (Å²) in [6.07, 6.45) is 9.04. The number of aromatic nitrogens is 2. The van der Waals surface area contributed by atoms with Gasteiger partial charge in [-0.15, -0.1) is 0 Å². The molecule has 2 aromatic heterocycles. The van der Waals surface area contributed by atoms with E-state index in [1.807, 2.05) is 18.2 Å². The van der Waals surface area contributed by atoms with Crippen molar-refractivity contribution in [3.8, 4) is 0 Å². The molecule has 0 radical (unpaired) electrons. The second-order valence-corrected chi connectivity index (χ2v) is 12.2. The Morgan fingerprint density at radius 1 is 1.03 bits per heavy atom. The second-order valence-electron chi connectivity index (χ2n) is 10.2. The SMILES string of the molecule is O=C(NC1CCN(S(=O)(=O)CC2CCC(NCc3ccccn3)CC2)CC1)c1cc(C2CC2)on1. The van der Waals surface area contributed by atoms with Crippen LogP contribution in [0, 0.1) is 5.92 Å². The number of piperidine rings is 1. The maximum Gasteiger partial charge on any atom is 0.273 e. The van der Waals surface area contributed by atoms with E-state index in [9.17, 15) is 13.2 Å². The summed E-state index contributed by atoms with van der Waals surface area (Å²) < 4.78 is 33.0. The standard InChI is InChI=1S/C25H35N5O4S/c31-25(23-15-24(34-29-23)19-6-7-19)28-21-10-13-30(14-11-21)35(32,33)17-18-4-8-20(9-5-18)27-16-22-3-1-2-12-26-22/h1-3,12,15,18-21,27H,4-11,13-14,16-17H2,(H,28,31). The molecule has 0 spiro atoms. The molecule has 2 saturated carbocycles. The van der Waals surface area contributed by atoms with Crippen LogP contribution in [0.2, 0.25) is 0 Å². The van der Waals surface area contributed by atoms with Crippen LogP contribution in [0.1, 0.15) is 79.2 Å². The van der Waals surface area contributed by atoms with Crippen molar-refractivity contribution in [3.05, 3.63) is 47.6 Å². The van der Waals surface area contributed by atoms with Gasteiger partial charge in [-0.2, -0.15) is 0 Å². The Morgan fingerprint density at radius 3 is 2.49 bits per heavy atom. The van der Waals surface area contributed by atoms with Crippen molar-refractivity contribution < 1.29 is 17.7 Å². The molecule has 10 heteroatoms. The number of hydrogen-bond donors (Lipinski definition) is 2. The Hall–Kier alpha value is -2.30. The van der Waals surface area contributed by atoms with Gasteiger partial charge < -0.3 is 15.2 Å². The quantitative estimate of drug-likeness (QED) is 0.542. The zero-order valence-corrected chi connectivity index (χ0v) is 20.9. The fourth-order valence-corrected chi connectivity index (χ4v) is 7.09. The lowest BCUT2D eigenvalue weighted by Crippen LogP contribution is -2.47. The first-order chi connectivity index (χ1) is 17.0. The van der Waals surface area contributed by atoms with E-state index < -0.39 is 10.0 Å². The minimum atomic E-state index is -3.30. The summed E-state index contributed by atoms with van der Waals surface area (Å²) >= 11 is 0. The highest BCUT2D eigenvalue weighted by Gasteiger charge is 2.33. The highest BCUT2D eigenvalue weighted by Crippen LogP contribution is 2.40. The maximum atomic E-state index is 13.1. The molecular weight excluding hydrogens is 466 g/mol. The molecule has 2 aliphatic carbocycles. The van der Waals surface area contributed by atoms with Crippen LogP contribution in [0.25, 0.3) is 0 Å². The Bertz CT molecular complexity index is 1090. The Balaban J connectivity index is 1.02. The summed E-state index contributed by atoms with van der Waals surface area (Å²) in [7, 11) is -3.30. The number of hydrogen-bond acceptors (Lipinski definition) is 7. The minimum absolute atomic E-state index is 0.0457. The van der Waals surface area contributed by atoms with Crippen LogP contribution in [0.4, 0.5) is 0 Å². The summed E-state index contributed by atoms with van der Waals surface area (Å²) in [6.45, 7) is 1.64. The van der Waals surface area contributed by atoms with Crippen molar-refractivity contribution in [3.63, 3.8) is 0 Å². The van der Waals surface area contributed by atoms with Crippen LogP contribution < -0.4 is 10.6 Å². The van der Waals surface area contributed by atoms with Gasteiger partial charge in [-0.1, -0.05) is 11.2 Å². The number of sulfonamides is 1. The molecule has 190 valence electrons. The summed E-state index contributed by atoms with van der Waals surface area (Å²) in [6, 6.07) is 8.02. The zero-order valence-electron chi connectivity index (χ0n) is 20.1. The first kappa shape index (κ1) is 24.4. The maximum absolute atomic E-state index is 13.1. The molecule has 3 fully saturated rings. The van der Waals surface area contributed by atoms with Gasteiger partial charge in [0.25, 0.3) is 5.91 Å². The van der Waals surface area contributed by atoms with Gasteiger partial charge in [0.2, 0.25) is 10.0 Å². The van der Waals surface area contributed by atoms with Crippen LogP contribution in [0.15, 0.2) is 35.0 Å². The lowest BCUT2D eigenvalue weighted by Gasteiger charge is -2.34. The van der Waals surface area contributed by atoms with Crippen molar-refractivity contribution in [1.29, 1.82) is 0 Å². The molecule has 1 saturated heterocycles. The summed E-state index contributed by atoms with van der Waals surface area (Å²) in [5.74, 6) is 1.39. The molecule has 2 N–H and O–H groups in total. The lowest BCUT2D eigenvalue weighted by molar-refractivity contribution is 0.0914. The third-order valence-corrected chi connectivity index (χ3v) is 9.56. The van der Waals surface area contributed by atoms with Gasteiger partial charge in [-0.25, -0.2) is 12.7 Å². The Kier molecular flexibility index (Phi) is 7.50. The molecule has 0 aromatic carbocycles. The molecule has 1 amide bonds. The summed E-state index contributed by atoms with van der Waals surface area (Å²) in [4.78, 5) is 16.8. The lowest BCUT2D eigenvalue weighted by atomic mass is 9.87. The number of amides is 1. The number of pyridine rings is 1. The molecule has 3 heterocycles. The van der Waals surface area contributed by atoms with Crippen LogP contribution in [0.5, 0.6) is 0 Å². The number of nitrogens with one attached hydrogen (secondary N) is 2. The van der Waals surface area contributed by atoms with Gasteiger partial charge in [-0.3, -0.25) is 9.78 Å². The van der Waals surface area contributed by atoms with E-state index in [4.69, 9.17) is 4.52 Å². The smallest absolute Gasteiger partial charge is 0.273 e. The van der Waals surface area contributed by atoms with Crippen molar-refractivity contribution in [2.75, 3.05) is 18.8 Å². The molecule has 5 rings (SSSR count). The largest absolute Gasteiger partial charge is 0.360 e. The highest BCUT2D eigenvalue weighted by atomic mass is 32.2. The summed E-state index contributed by atoms with van der Waals surface area (Å²) in [5, 5.41) is 10.4. The molecule has 1 aliphatic heterocycles. The van der Waals surface area contributed by atoms with Gasteiger partial charge in [-0.05, 0) is 69.4 Å². The number of rotatable bonds is 9. The van der Waals surface area contributed by atoms with E-state index in [2.05, 4.69) is 20.8 Å². The number of nitrogens with zero attached hydrogens (tertiary/aromatic N) is 3. The van der Waals surface area contributed by atoms with Gasteiger partial charge in [0.1, 0.15) is 5.76 Å². The van der Waals surface area contributed by atoms with Gasteiger partial charge in [0, 0.05) is 49.9 Å². The van der Waals surface area contributed by atoms with E-state index in [0.717, 1.165) is 56.5 Å². The average molecular weight is 502 g/mol. The normalized spacial score (nSPS) is 24.3. The predicted molar refractivity (Wildman–Crippen MR) is 131 cm³/mol. The predicted octanol–water partition coefficient (Wildman–Crippen LogP) is 2.82. The van der Waals surface area contributed by atoms with E-state index in [1.54, 1.807) is 16.6 Å². The van der Waals surface area contributed by atoms with E-state index in [-0.39, 0.29) is 23.6 Å². The molecular formula is C25H35N5O4S. The van der Waals surface area contributed by atoms with E-state index in [1.165, 1.54) is 0 Å². The fraction of sp³-hybridized carbons (Fsp3) is 0.640. The van der Waals surface area contributed by atoms with Crippen molar-refractivity contribution in [1.82, 2.24) is 25.1 Å². The summed E-state index contributed by atoms with van der Waals surface area (Å²) in [5.41, 5.74) is 1.34.